The van der Waals surface area contributed by atoms with Gasteiger partial charge in [-0.05, 0) is 35.8 Å². The van der Waals surface area contributed by atoms with Gasteiger partial charge < -0.3 is 5.73 Å². The molecule has 1 unspecified atom stereocenters. The van der Waals surface area contributed by atoms with Crippen molar-refractivity contribution in [3.8, 4) is 0 Å². The molecule has 0 bridgehead atoms. The highest BCUT2D eigenvalue weighted by molar-refractivity contribution is 9.10. The summed E-state index contributed by atoms with van der Waals surface area (Å²) in [5, 5.41) is 0. The summed E-state index contributed by atoms with van der Waals surface area (Å²) < 4.78 is 1.79. The average Bonchev–Trinajstić information content (AvgIpc) is 2.71. The van der Waals surface area contributed by atoms with Gasteiger partial charge in [0.15, 0.2) is 0 Å². The quantitative estimate of drug-likeness (QED) is 0.888. The summed E-state index contributed by atoms with van der Waals surface area (Å²) in [5.74, 6) is 0. The molecule has 108 valence electrons. The van der Waals surface area contributed by atoms with Gasteiger partial charge in [0.1, 0.15) is 4.34 Å². The third kappa shape index (κ3) is 3.71. The summed E-state index contributed by atoms with van der Waals surface area (Å²) in [6.07, 6.45) is 0. The predicted molar refractivity (Wildman–Crippen MR) is 87.1 cm³/mol. The molecule has 1 atom stereocenters. The SMILES string of the molecule is CC(C)N1CCN(C(CN)c2cc(Br)c(Cl)s2)CC1. The minimum atomic E-state index is 0.295. The zero-order chi connectivity index (χ0) is 14.0. The van der Waals surface area contributed by atoms with E-state index in [1.165, 1.54) is 4.88 Å². The first-order valence-electron chi connectivity index (χ1n) is 6.65. The van der Waals surface area contributed by atoms with E-state index < -0.39 is 0 Å². The summed E-state index contributed by atoms with van der Waals surface area (Å²) in [5.41, 5.74) is 5.98. The Morgan fingerprint density at radius 2 is 1.89 bits per heavy atom. The fourth-order valence-corrected chi connectivity index (χ4v) is 4.42. The van der Waals surface area contributed by atoms with E-state index in [0.717, 1.165) is 35.0 Å². The number of thiophene rings is 1. The van der Waals surface area contributed by atoms with Gasteiger partial charge in [0, 0.05) is 48.1 Å². The lowest BCUT2D eigenvalue weighted by Gasteiger charge is -2.40. The van der Waals surface area contributed by atoms with Crippen molar-refractivity contribution < 1.29 is 0 Å². The van der Waals surface area contributed by atoms with Gasteiger partial charge in [-0.1, -0.05) is 11.6 Å². The molecule has 1 aliphatic rings. The second-order valence-corrected chi connectivity index (χ2v) is 7.73. The molecule has 1 fully saturated rings. The molecule has 2 rings (SSSR count). The Morgan fingerprint density at radius 1 is 1.32 bits per heavy atom. The standard InChI is InChI=1S/C13H21BrClN3S/c1-9(2)17-3-5-18(6-4-17)11(8-16)12-7-10(14)13(15)19-12/h7,9,11H,3-6,8,16H2,1-2H3. The Kier molecular flexibility index (Phi) is 5.69. The van der Waals surface area contributed by atoms with Crippen molar-refractivity contribution in [2.24, 2.45) is 5.73 Å². The van der Waals surface area contributed by atoms with Crippen LogP contribution in [0.3, 0.4) is 0 Å². The number of hydrogen-bond acceptors (Lipinski definition) is 4. The zero-order valence-corrected chi connectivity index (χ0v) is 14.6. The topological polar surface area (TPSA) is 32.5 Å². The molecule has 0 saturated carbocycles. The summed E-state index contributed by atoms with van der Waals surface area (Å²) in [6.45, 7) is 9.55. The Labute approximate surface area is 132 Å². The van der Waals surface area contributed by atoms with Crippen LogP contribution in [0.15, 0.2) is 10.5 Å². The highest BCUT2D eigenvalue weighted by Crippen LogP contribution is 2.37. The molecule has 1 aliphatic heterocycles. The molecule has 6 heteroatoms. The van der Waals surface area contributed by atoms with Gasteiger partial charge in [0.25, 0.3) is 0 Å². The number of hydrogen-bond donors (Lipinski definition) is 1. The van der Waals surface area contributed by atoms with Crippen LogP contribution >= 0.6 is 38.9 Å². The summed E-state index contributed by atoms with van der Waals surface area (Å²) in [4.78, 5) is 6.26. The summed E-state index contributed by atoms with van der Waals surface area (Å²) in [6, 6.07) is 3.03. The maximum atomic E-state index is 6.14. The van der Waals surface area contributed by atoms with E-state index in [4.69, 9.17) is 17.3 Å². The molecule has 0 spiro atoms. The van der Waals surface area contributed by atoms with E-state index in [0.29, 0.717) is 18.6 Å². The van der Waals surface area contributed by atoms with Crippen molar-refractivity contribution in [3.05, 3.63) is 19.8 Å². The largest absolute Gasteiger partial charge is 0.329 e. The lowest BCUT2D eigenvalue weighted by atomic mass is 10.1. The van der Waals surface area contributed by atoms with Gasteiger partial charge in [0.05, 0.1) is 6.04 Å². The van der Waals surface area contributed by atoms with Gasteiger partial charge in [-0.2, -0.15) is 0 Å². The third-order valence-electron chi connectivity index (χ3n) is 3.74. The molecule has 19 heavy (non-hydrogen) atoms. The maximum Gasteiger partial charge on any atom is 0.107 e. The van der Waals surface area contributed by atoms with E-state index in [2.05, 4.69) is 45.6 Å². The molecular formula is C13H21BrClN3S. The molecule has 0 aliphatic carbocycles. The fraction of sp³-hybridized carbons (Fsp3) is 0.692. The number of rotatable bonds is 4. The van der Waals surface area contributed by atoms with Crippen molar-refractivity contribution >= 4 is 38.9 Å². The van der Waals surface area contributed by atoms with E-state index >= 15 is 0 Å². The molecule has 0 radical (unpaired) electrons. The van der Waals surface area contributed by atoms with Gasteiger partial charge in [-0.25, -0.2) is 0 Å². The molecule has 1 saturated heterocycles. The number of halogens is 2. The third-order valence-corrected chi connectivity index (χ3v) is 6.31. The maximum absolute atomic E-state index is 6.14. The van der Waals surface area contributed by atoms with Crippen LogP contribution in [0, 0.1) is 0 Å². The minimum Gasteiger partial charge on any atom is -0.329 e. The molecule has 2 N–H and O–H groups in total. The van der Waals surface area contributed by atoms with Crippen molar-refractivity contribution in [3.63, 3.8) is 0 Å². The van der Waals surface area contributed by atoms with Crippen molar-refractivity contribution in [1.29, 1.82) is 0 Å². The molecule has 1 aromatic rings. The van der Waals surface area contributed by atoms with E-state index in [-0.39, 0.29) is 0 Å². The molecular weight excluding hydrogens is 346 g/mol. The number of nitrogens with two attached hydrogens (primary N) is 1. The second kappa shape index (κ2) is 6.87. The van der Waals surface area contributed by atoms with Crippen LogP contribution in [0.1, 0.15) is 24.8 Å². The van der Waals surface area contributed by atoms with Crippen LogP contribution in [-0.4, -0.2) is 48.6 Å². The zero-order valence-electron chi connectivity index (χ0n) is 11.4. The second-order valence-electron chi connectivity index (χ2n) is 5.19. The first kappa shape index (κ1) is 15.7. The molecule has 0 aromatic carbocycles. The van der Waals surface area contributed by atoms with Gasteiger partial charge in [-0.3, -0.25) is 9.80 Å². The van der Waals surface area contributed by atoms with Gasteiger partial charge >= 0.3 is 0 Å². The lowest BCUT2D eigenvalue weighted by Crippen LogP contribution is -2.50. The highest BCUT2D eigenvalue weighted by Gasteiger charge is 2.26. The van der Waals surface area contributed by atoms with E-state index in [1.54, 1.807) is 11.3 Å². The lowest BCUT2D eigenvalue weighted by molar-refractivity contribution is 0.0813. The first-order chi connectivity index (χ1) is 9.02. The highest BCUT2D eigenvalue weighted by atomic mass is 79.9. The molecule has 0 amide bonds. The average molecular weight is 367 g/mol. The van der Waals surface area contributed by atoms with E-state index in [1.807, 2.05) is 0 Å². The Hall–Kier alpha value is 0.350. The Bertz CT molecular complexity index is 397. The molecule has 2 heterocycles. The van der Waals surface area contributed by atoms with Crippen LogP contribution < -0.4 is 5.73 Å². The molecule has 3 nitrogen and oxygen atoms in total. The first-order valence-corrected chi connectivity index (χ1v) is 8.64. The van der Waals surface area contributed by atoms with Crippen LogP contribution in [0.4, 0.5) is 0 Å². The predicted octanol–water partition coefficient (Wildman–Crippen LogP) is 3.19. The molecule has 1 aromatic heterocycles. The van der Waals surface area contributed by atoms with E-state index in [9.17, 15) is 0 Å². The van der Waals surface area contributed by atoms with Crippen LogP contribution in [0.25, 0.3) is 0 Å². The van der Waals surface area contributed by atoms with Crippen LogP contribution in [0.5, 0.6) is 0 Å². The Morgan fingerprint density at radius 3 is 2.32 bits per heavy atom. The van der Waals surface area contributed by atoms with Crippen molar-refractivity contribution in [2.75, 3.05) is 32.7 Å². The number of piperazine rings is 1. The Balaban J connectivity index is 2.03. The normalized spacial score (nSPS) is 20.1. The summed E-state index contributed by atoms with van der Waals surface area (Å²) in [7, 11) is 0. The summed E-state index contributed by atoms with van der Waals surface area (Å²) >= 11 is 11.2. The minimum absolute atomic E-state index is 0.295. The van der Waals surface area contributed by atoms with Gasteiger partial charge in [-0.15, -0.1) is 11.3 Å². The van der Waals surface area contributed by atoms with Crippen LogP contribution in [-0.2, 0) is 0 Å². The fourth-order valence-electron chi connectivity index (χ4n) is 2.54. The van der Waals surface area contributed by atoms with Crippen LogP contribution in [0.2, 0.25) is 4.34 Å². The van der Waals surface area contributed by atoms with Gasteiger partial charge in [0.2, 0.25) is 0 Å². The van der Waals surface area contributed by atoms with Crippen molar-refractivity contribution in [2.45, 2.75) is 25.9 Å². The smallest absolute Gasteiger partial charge is 0.107 e. The van der Waals surface area contributed by atoms with Crippen molar-refractivity contribution in [1.82, 2.24) is 9.80 Å². The monoisotopic (exact) mass is 365 g/mol. The number of nitrogens with zero attached hydrogens (tertiary/aromatic N) is 2.